The number of ether oxygens (including phenoxy) is 1. The molecule has 8 heteroatoms. The molecule has 3 aromatic carbocycles. The van der Waals surface area contributed by atoms with Crippen molar-refractivity contribution in [1.82, 2.24) is 0 Å². The number of aliphatic hydroxyl groups excluding tert-OH is 1. The average Bonchev–Trinajstić information content (AvgIpc) is 2.85. The van der Waals surface area contributed by atoms with Gasteiger partial charge in [-0.3, -0.25) is 0 Å². The topological polar surface area (TPSA) is 66.8 Å². The first-order valence-electron chi connectivity index (χ1n) is 10.8. The first-order chi connectivity index (χ1) is 16.4. The summed E-state index contributed by atoms with van der Waals surface area (Å²) in [7, 11) is 1.76. The summed E-state index contributed by atoms with van der Waals surface area (Å²) >= 11 is 7.31. The molecule has 4 rings (SSSR count). The van der Waals surface area contributed by atoms with E-state index in [-0.39, 0.29) is 38.7 Å². The second-order valence-electron chi connectivity index (χ2n) is 7.85. The van der Waals surface area contributed by atoms with Crippen molar-refractivity contribution in [3.05, 3.63) is 89.4 Å². The fourth-order valence-corrected chi connectivity index (χ4v) is 7.42. The Morgan fingerprint density at radius 3 is 2.62 bits per heavy atom. The molecular formula is C26H24ClNO4SSe. The van der Waals surface area contributed by atoms with E-state index in [4.69, 9.17) is 16.3 Å². The van der Waals surface area contributed by atoms with E-state index in [1.165, 1.54) is 11.8 Å². The van der Waals surface area contributed by atoms with Gasteiger partial charge in [0, 0.05) is 0 Å². The van der Waals surface area contributed by atoms with Crippen LogP contribution in [0.25, 0.3) is 0 Å². The zero-order chi connectivity index (χ0) is 24.1. The summed E-state index contributed by atoms with van der Waals surface area (Å²) in [5.74, 6) is -0.523. The fourth-order valence-electron chi connectivity index (χ4n) is 3.65. The van der Waals surface area contributed by atoms with E-state index in [2.05, 4.69) is 0 Å². The molecule has 0 saturated carbocycles. The molecule has 1 N–H and O–H groups in total. The van der Waals surface area contributed by atoms with Crippen molar-refractivity contribution in [2.45, 2.75) is 27.5 Å². The molecule has 0 fully saturated rings. The van der Waals surface area contributed by atoms with E-state index in [1.54, 1.807) is 36.2 Å². The number of hydrogen-bond acceptors (Lipinski definition) is 5. The van der Waals surface area contributed by atoms with Gasteiger partial charge in [0.1, 0.15) is 0 Å². The molecule has 1 aliphatic heterocycles. The van der Waals surface area contributed by atoms with Crippen LogP contribution in [-0.2, 0) is 9.53 Å². The number of thioether (sulfide) groups is 1. The Bertz CT molecular complexity index is 1160. The molecule has 0 saturated heterocycles. The maximum atomic E-state index is 13.0. The summed E-state index contributed by atoms with van der Waals surface area (Å²) in [5.41, 5.74) is 1.24. The number of hydrogen-bond donors (Lipinski definition) is 1. The van der Waals surface area contributed by atoms with Gasteiger partial charge in [-0.15, -0.1) is 0 Å². The van der Waals surface area contributed by atoms with Crippen LogP contribution >= 0.6 is 23.4 Å². The number of carbonyl (C=O) groups is 2. The Labute approximate surface area is 214 Å². The fraction of sp³-hybridized carbons (Fsp3) is 0.231. The summed E-state index contributed by atoms with van der Waals surface area (Å²) in [5, 5.41) is 11.3. The van der Waals surface area contributed by atoms with Gasteiger partial charge in [-0.25, -0.2) is 0 Å². The van der Waals surface area contributed by atoms with E-state index in [0.29, 0.717) is 10.6 Å². The zero-order valence-corrected chi connectivity index (χ0v) is 21.8. The molecule has 5 nitrogen and oxygen atoms in total. The maximum absolute atomic E-state index is 13.0. The molecule has 1 aliphatic rings. The van der Waals surface area contributed by atoms with Crippen LogP contribution in [0, 0.1) is 0 Å². The van der Waals surface area contributed by atoms with Crippen molar-refractivity contribution >= 4 is 60.3 Å². The first kappa shape index (κ1) is 24.8. The van der Waals surface area contributed by atoms with Crippen molar-refractivity contribution in [1.29, 1.82) is 0 Å². The van der Waals surface area contributed by atoms with Crippen LogP contribution in [0.4, 0.5) is 5.69 Å². The third-order valence-electron chi connectivity index (χ3n) is 5.46. The van der Waals surface area contributed by atoms with Gasteiger partial charge in [0.05, 0.1) is 0 Å². The number of para-hydroxylation sites is 1. The number of anilines is 1. The van der Waals surface area contributed by atoms with Crippen LogP contribution in [0.15, 0.2) is 83.8 Å². The standard InChI is InChI=1S/C26H24ClNO4SSe/c1-28-20-12-5-6-13-22(20)33-23(25(28)30)15-21(29)24(34-19-10-3-2-4-11-19)16-32-26(31)17-8-7-9-18(27)14-17/h2-14,21,23-24,29H,15-16H2,1H3. The molecule has 34 heavy (non-hydrogen) atoms. The van der Waals surface area contributed by atoms with Gasteiger partial charge in [0.2, 0.25) is 0 Å². The van der Waals surface area contributed by atoms with Crippen LogP contribution < -0.4 is 9.36 Å². The van der Waals surface area contributed by atoms with Crippen LogP contribution in [0.2, 0.25) is 9.84 Å². The number of nitrogens with zero attached hydrogens (tertiary/aromatic N) is 1. The molecule has 176 valence electrons. The number of halogens is 1. The van der Waals surface area contributed by atoms with Gasteiger partial charge < -0.3 is 0 Å². The van der Waals surface area contributed by atoms with Gasteiger partial charge in [0.25, 0.3) is 0 Å². The van der Waals surface area contributed by atoms with Gasteiger partial charge in [-0.1, -0.05) is 0 Å². The Kier molecular flexibility index (Phi) is 8.35. The molecule has 0 aromatic heterocycles. The molecular weight excluding hydrogens is 537 g/mol. The number of esters is 1. The Morgan fingerprint density at radius 1 is 1.12 bits per heavy atom. The summed E-state index contributed by atoms with van der Waals surface area (Å²) in [6.45, 7) is 0.0550. The van der Waals surface area contributed by atoms with Crippen molar-refractivity contribution in [2.24, 2.45) is 0 Å². The van der Waals surface area contributed by atoms with Gasteiger partial charge in [-0.2, -0.15) is 0 Å². The van der Waals surface area contributed by atoms with E-state index >= 15 is 0 Å². The third kappa shape index (κ3) is 6.04. The van der Waals surface area contributed by atoms with Crippen LogP contribution in [0.3, 0.4) is 0 Å². The number of rotatable bonds is 8. The van der Waals surface area contributed by atoms with E-state index < -0.39 is 17.3 Å². The van der Waals surface area contributed by atoms with Gasteiger partial charge >= 0.3 is 215 Å². The molecule has 3 unspecified atom stereocenters. The summed E-state index contributed by atoms with van der Waals surface area (Å²) < 4.78 is 6.67. The monoisotopic (exact) mass is 561 g/mol. The van der Waals surface area contributed by atoms with Gasteiger partial charge in [-0.05, 0) is 0 Å². The minimum atomic E-state index is -0.813. The molecule has 1 heterocycles. The van der Waals surface area contributed by atoms with Crippen LogP contribution in [0.1, 0.15) is 16.8 Å². The Balaban J connectivity index is 1.48. The molecule has 0 spiro atoms. The summed E-state index contributed by atoms with van der Waals surface area (Å²) in [6.07, 6.45) is -0.539. The van der Waals surface area contributed by atoms with Crippen LogP contribution in [0.5, 0.6) is 0 Å². The summed E-state index contributed by atoms with van der Waals surface area (Å²) in [6, 6.07) is 24.2. The van der Waals surface area contributed by atoms with E-state index in [9.17, 15) is 14.7 Å². The number of aliphatic hydroxyl groups is 1. The predicted octanol–water partition coefficient (Wildman–Crippen LogP) is 4.20. The van der Waals surface area contributed by atoms with Gasteiger partial charge in [0.15, 0.2) is 0 Å². The average molecular weight is 561 g/mol. The van der Waals surface area contributed by atoms with Crippen molar-refractivity contribution in [3.8, 4) is 0 Å². The quantitative estimate of drug-likeness (QED) is 0.330. The SMILES string of the molecule is CN1C(=O)C(CC(O)C(COC(=O)c2cccc(Cl)c2)[Se]c2ccccc2)Sc2ccccc21. The molecule has 3 atom stereocenters. The molecule has 0 radical (unpaired) electrons. The second kappa shape index (κ2) is 11.4. The Morgan fingerprint density at radius 2 is 1.85 bits per heavy atom. The Hall–Kier alpha value is -2.28. The van der Waals surface area contributed by atoms with E-state index in [1.807, 2.05) is 54.6 Å². The second-order valence-corrected chi connectivity index (χ2v) is 12.3. The molecule has 1 amide bonds. The minimum absolute atomic E-state index is 0.0374. The molecule has 0 bridgehead atoms. The molecule has 0 aliphatic carbocycles. The van der Waals surface area contributed by atoms with Crippen molar-refractivity contribution < 1.29 is 19.4 Å². The number of fused-ring (bicyclic) bond motifs is 1. The third-order valence-corrected chi connectivity index (χ3v) is 9.69. The number of benzene rings is 3. The normalized spacial score (nSPS) is 17.1. The predicted molar refractivity (Wildman–Crippen MR) is 137 cm³/mol. The number of amides is 1. The van der Waals surface area contributed by atoms with Crippen molar-refractivity contribution in [2.75, 3.05) is 18.6 Å². The van der Waals surface area contributed by atoms with Crippen LogP contribution in [-0.4, -0.2) is 56.9 Å². The summed E-state index contributed by atoms with van der Waals surface area (Å²) in [4.78, 5) is 27.9. The zero-order valence-electron chi connectivity index (χ0n) is 18.5. The first-order valence-corrected chi connectivity index (χ1v) is 13.9. The van der Waals surface area contributed by atoms with Crippen molar-refractivity contribution in [3.63, 3.8) is 0 Å². The molecule has 3 aromatic rings. The van der Waals surface area contributed by atoms with E-state index in [0.717, 1.165) is 15.0 Å². The number of carbonyl (C=O) groups excluding carboxylic acids is 2.